The summed E-state index contributed by atoms with van der Waals surface area (Å²) >= 11 is 1.98. The smallest absolute Gasteiger partial charge is 0.220 e. The summed E-state index contributed by atoms with van der Waals surface area (Å²) in [6, 6.07) is 0. The van der Waals surface area contributed by atoms with Crippen LogP contribution >= 0.6 is 11.8 Å². The van der Waals surface area contributed by atoms with E-state index in [0.29, 0.717) is 32.1 Å². The molecule has 2 N–H and O–H groups in total. The van der Waals surface area contributed by atoms with E-state index in [9.17, 15) is 4.79 Å². The van der Waals surface area contributed by atoms with Crippen LogP contribution in [0.3, 0.4) is 0 Å². The zero-order valence-corrected chi connectivity index (χ0v) is 10.4. The standard InChI is InChI=1S/C11H21NO3S/c13-4-6-15-5-3-12-11(14)9-10-1-7-16-8-2-10/h10,13H,1-9H2,(H,12,14). The van der Waals surface area contributed by atoms with Gasteiger partial charge in [0.25, 0.3) is 0 Å². The van der Waals surface area contributed by atoms with Crippen LogP contribution in [0.5, 0.6) is 0 Å². The Balaban J connectivity index is 1.97. The summed E-state index contributed by atoms with van der Waals surface area (Å²) in [6.45, 7) is 1.40. The molecule has 0 saturated carbocycles. The summed E-state index contributed by atoms with van der Waals surface area (Å²) in [5, 5.41) is 11.3. The SMILES string of the molecule is O=C(CC1CCSCC1)NCCOCCO. The number of hydrogen-bond acceptors (Lipinski definition) is 4. The van der Waals surface area contributed by atoms with Gasteiger partial charge in [0, 0.05) is 13.0 Å². The summed E-state index contributed by atoms with van der Waals surface area (Å²) in [7, 11) is 0. The van der Waals surface area contributed by atoms with Crippen LogP contribution in [0, 0.1) is 5.92 Å². The summed E-state index contributed by atoms with van der Waals surface area (Å²) in [5.41, 5.74) is 0. The molecule has 0 aromatic carbocycles. The van der Waals surface area contributed by atoms with Crippen LogP contribution in [0.25, 0.3) is 0 Å². The van der Waals surface area contributed by atoms with Gasteiger partial charge in [-0.2, -0.15) is 11.8 Å². The molecule has 0 bridgehead atoms. The van der Waals surface area contributed by atoms with E-state index in [-0.39, 0.29) is 12.5 Å². The monoisotopic (exact) mass is 247 g/mol. The highest BCUT2D eigenvalue weighted by atomic mass is 32.2. The summed E-state index contributed by atoms with van der Waals surface area (Å²) in [5.74, 6) is 3.08. The molecule has 0 spiro atoms. The normalized spacial score (nSPS) is 17.3. The lowest BCUT2D eigenvalue weighted by molar-refractivity contribution is -0.122. The minimum absolute atomic E-state index is 0.0354. The Morgan fingerprint density at radius 2 is 2.12 bits per heavy atom. The molecule has 0 unspecified atom stereocenters. The average Bonchev–Trinajstić information content (AvgIpc) is 2.30. The zero-order chi connectivity index (χ0) is 11.6. The van der Waals surface area contributed by atoms with Gasteiger partial charge >= 0.3 is 0 Å². The van der Waals surface area contributed by atoms with Crippen molar-refractivity contribution in [1.82, 2.24) is 5.32 Å². The van der Waals surface area contributed by atoms with E-state index in [2.05, 4.69) is 5.32 Å². The lowest BCUT2D eigenvalue weighted by Gasteiger charge is -2.20. The fourth-order valence-corrected chi connectivity index (χ4v) is 2.92. The van der Waals surface area contributed by atoms with Crippen LogP contribution in [-0.4, -0.2) is 48.9 Å². The van der Waals surface area contributed by atoms with E-state index in [1.54, 1.807) is 0 Å². The van der Waals surface area contributed by atoms with Gasteiger partial charge in [-0.1, -0.05) is 0 Å². The number of amides is 1. The third-order valence-electron chi connectivity index (χ3n) is 2.62. The second-order valence-electron chi connectivity index (χ2n) is 3.95. The van der Waals surface area contributed by atoms with Crippen molar-refractivity contribution in [3.63, 3.8) is 0 Å². The van der Waals surface area contributed by atoms with E-state index < -0.39 is 0 Å². The number of aliphatic hydroxyl groups is 1. The fraction of sp³-hybridized carbons (Fsp3) is 0.909. The maximum absolute atomic E-state index is 11.5. The molecule has 1 fully saturated rings. The van der Waals surface area contributed by atoms with E-state index in [0.717, 1.165) is 0 Å². The molecular formula is C11H21NO3S. The number of ether oxygens (including phenoxy) is 1. The molecule has 16 heavy (non-hydrogen) atoms. The summed E-state index contributed by atoms with van der Waals surface area (Å²) in [4.78, 5) is 11.5. The molecule has 0 aromatic heterocycles. The molecule has 1 aliphatic rings. The lowest BCUT2D eigenvalue weighted by Crippen LogP contribution is -2.30. The van der Waals surface area contributed by atoms with Gasteiger partial charge < -0.3 is 15.2 Å². The predicted molar refractivity (Wildman–Crippen MR) is 65.6 cm³/mol. The number of hydrogen-bond donors (Lipinski definition) is 2. The van der Waals surface area contributed by atoms with Crippen molar-refractivity contribution in [1.29, 1.82) is 0 Å². The van der Waals surface area contributed by atoms with Gasteiger partial charge in [-0.3, -0.25) is 4.79 Å². The Bertz CT molecular complexity index is 196. The first-order valence-electron chi connectivity index (χ1n) is 5.86. The third kappa shape index (κ3) is 6.35. The van der Waals surface area contributed by atoms with E-state index >= 15 is 0 Å². The van der Waals surface area contributed by atoms with Gasteiger partial charge in [-0.25, -0.2) is 0 Å². The highest BCUT2D eigenvalue weighted by Gasteiger charge is 2.16. The van der Waals surface area contributed by atoms with Crippen molar-refractivity contribution in [2.45, 2.75) is 19.3 Å². The molecule has 0 aromatic rings. The topological polar surface area (TPSA) is 58.6 Å². The first-order chi connectivity index (χ1) is 7.83. The number of carbonyl (C=O) groups excluding carboxylic acids is 1. The highest BCUT2D eigenvalue weighted by molar-refractivity contribution is 7.99. The maximum atomic E-state index is 11.5. The molecule has 0 atom stereocenters. The highest BCUT2D eigenvalue weighted by Crippen LogP contribution is 2.24. The molecule has 1 rings (SSSR count). The Hall–Kier alpha value is -0.260. The second-order valence-corrected chi connectivity index (χ2v) is 5.17. The number of nitrogens with one attached hydrogen (secondary N) is 1. The van der Waals surface area contributed by atoms with Crippen molar-refractivity contribution < 1.29 is 14.6 Å². The first-order valence-corrected chi connectivity index (χ1v) is 7.01. The molecule has 1 amide bonds. The minimum Gasteiger partial charge on any atom is -0.394 e. The van der Waals surface area contributed by atoms with Crippen LogP contribution in [0.2, 0.25) is 0 Å². The number of rotatable bonds is 7. The molecule has 0 radical (unpaired) electrons. The van der Waals surface area contributed by atoms with E-state index in [1.807, 2.05) is 11.8 Å². The molecular weight excluding hydrogens is 226 g/mol. The minimum atomic E-state index is 0.0354. The number of aliphatic hydroxyl groups excluding tert-OH is 1. The third-order valence-corrected chi connectivity index (χ3v) is 3.67. The zero-order valence-electron chi connectivity index (χ0n) is 9.61. The van der Waals surface area contributed by atoms with Crippen LogP contribution in [0.15, 0.2) is 0 Å². The fourth-order valence-electron chi connectivity index (χ4n) is 1.71. The van der Waals surface area contributed by atoms with Gasteiger partial charge in [-0.15, -0.1) is 0 Å². The number of carbonyl (C=O) groups is 1. The average molecular weight is 247 g/mol. The van der Waals surface area contributed by atoms with Gasteiger partial charge in [0.1, 0.15) is 0 Å². The van der Waals surface area contributed by atoms with E-state index in [1.165, 1.54) is 24.3 Å². The Morgan fingerprint density at radius 3 is 2.81 bits per heavy atom. The van der Waals surface area contributed by atoms with Crippen LogP contribution in [0.1, 0.15) is 19.3 Å². The van der Waals surface area contributed by atoms with Crippen molar-refractivity contribution in [2.75, 3.05) is 37.9 Å². The maximum Gasteiger partial charge on any atom is 0.220 e. The van der Waals surface area contributed by atoms with Gasteiger partial charge in [0.05, 0.1) is 19.8 Å². The quantitative estimate of drug-likeness (QED) is 0.648. The predicted octanol–water partition coefficient (Wildman–Crippen LogP) is 0.645. The Labute approximate surface area is 101 Å². The summed E-state index contributed by atoms with van der Waals surface area (Å²) in [6.07, 6.45) is 2.98. The van der Waals surface area contributed by atoms with Gasteiger partial charge in [0.2, 0.25) is 5.91 Å². The van der Waals surface area contributed by atoms with Crippen LogP contribution in [-0.2, 0) is 9.53 Å². The van der Waals surface area contributed by atoms with Crippen molar-refractivity contribution in [3.05, 3.63) is 0 Å². The van der Waals surface area contributed by atoms with Gasteiger partial charge in [-0.05, 0) is 30.3 Å². The molecule has 5 heteroatoms. The lowest BCUT2D eigenvalue weighted by atomic mass is 9.98. The molecule has 1 saturated heterocycles. The molecule has 4 nitrogen and oxygen atoms in total. The first kappa shape index (κ1) is 13.8. The largest absolute Gasteiger partial charge is 0.394 e. The van der Waals surface area contributed by atoms with Crippen molar-refractivity contribution in [2.24, 2.45) is 5.92 Å². The van der Waals surface area contributed by atoms with Crippen molar-refractivity contribution >= 4 is 17.7 Å². The number of thioether (sulfide) groups is 1. The summed E-state index contributed by atoms with van der Waals surface area (Å²) < 4.78 is 5.06. The molecule has 94 valence electrons. The molecule has 0 aliphatic carbocycles. The van der Waals surface area contributed by atoms with Crippen LogP contribution < -0.4 is 5.32 Å². The van der Waals surface area contributed by atoms with Crippen molar-refractivity contribution in [3.8, 4) is 0 Å². The molecule has 1 aliphatic heterocycles. The van der Waals surface area contributed by atoms with Crippen LogP contribution in [0.4, 0.5) is 0 Å². The van der Waals surface area contributed by atoms with E-state index in [4.69, 9.17) is 9.84 Å². The Kier molecular flexibility index (Phi) is 7.63. The van der Waals surface area contributed by atoms with Gasteiger partial charge in [0.15, 0.2) is 0 Å². The Morgan fingerprint density at radius 1 is 1.38 bits per heavy atom. The molecule has 1 heterocycles. The second kappa shape index (κ2) is 8.84.